The second kappa shape index (κ2) is 14.4. The van der Waals surface area contributed by atoms with Crippen molar-refractivity contribution in [2.24, 2.45) is 5.10 Å². The fourth-order valence-electron chi connectivity index (χ4n) is 3.97. The second-order valence-corrected chi connectivity index (χ2v) is 11.2. The van der Waals surface area contributed by atoms with E-state index in [-0.39, 0.29) is 12.5 Å². The van der Waals surface area contributed by atoms with Crippen molar-refractivity contribution in [1.29, 1.82) is 0 Å². The predicted octanol–water partition coefficient (Wildman–Crippen LogP) is 9.26. The monoisotopic (exact) mass is 650 g/mol. The molecule has 0 radical (unpaired) electrons. The zero-order valence-electron chi connectivity index (χ0n) is 22.8. The minimum atomic E-state index is -0.359. The Hall–Kier alpha value is -4.08. The number of ether oxygens (including phenoxy) is 2. The summed E-state index contributed by atoms with van der Waals surface area (Å²) in [6.45, 7) is 2.50. The van der Waals surface area contributed by atoms with Gasteiger partial charge < -0.3 is 14.8 Å². The number of benzene rings is 4. The van der Waals surface area contributed by atoms with E-state index in [1.54, 1.807) is 30.3 Å². The number of rotatable bonds is 11. The van der Waals surface area contributed by atoms with Gasteiger partial charge in [-0.1, -0.05) is 65.1 Å². The Morgan fingerprint density at radius 3 is 2.47 bits per heavy atom. The van der Waals surface area contributed by atoms with E-state index in [1.165, 1.54) is 17.6 Å². The molecule has 0 bridgehead atoms. The highest BCUT2D eigenvalue weighted by Gasteiger charge is 2.14. The molecule has 0 saturated carbocycles. The van der Waals surface area contributed by atoms with Crippen LogP contribution in [-0.2, 0) is 6.61 Å². The molecule has 1 amide bonds. The number of amides is 1. The van der Waals surface area contributed by atoms with Crippen molar-refractivity contribution in [3.8, 4) is 22.8 Å². The topological polar surface area (TPSA) is 84.8 Å². The first-order chi connectivity index (χ1) is 20.9. The number of carbonyl (C=O) groups is 1. The maximum atomic E-state index is 12.7. The molecule has 0 atom stereocenters. The van der Waals surface area contributed by atoms with Crippen LogP contribution in [0.1, 0.15) is 28.4 Å². The number of halogens is 3. The lowest BCUT2D eigenvalue weighted by Gasteiger charge is -2.15. The van der Waals surface area contributed by atoms with Crippen LogP contribution in [0.5, 0.6) is 11.5 Å². The molecule has 1 heterocycles. The van der Waals surface area contributed by atoms with Crippen molar-refractivity contribution in [1.82, 2.24) is 10.4 Å². The summed E-state index contributed by atoms with van der Waals surface area (Å²) < 4.78 is 11.7. The minimum Gasteiger partial charge on any atom is -0.490 e. The van der Waals surface area contributed by atoms with Gasteiger partial charge in [0.2, 0.25) is 0 Å². The number of thiazole rings is 1. The molecule has 2 N–H and O–H groups in total. The third-order valence-corrected chi connectivity index (χ3v) is 7.74. The molecule has 5 aromatic rings. The second-order valence-electron chi connectivity index (χ2n) is 9.09. The molecule has 0 unspecified atom stereocenters. The lowest BCUT2D eigenvalue weighted by Crippen LogP contribution is -2.17. The highest BCUT2D eigenvalue weighted by Crippen LogP contribution is 2.37. The summed E-state index contributed by atoms with van der Waals surface area (Å²) in [5.41, 5.74) is 7.03. The molecule has 0 spiro atoms. The maximum absolute atomic E-state index is 12.7. The average Bonchev–Trinajstić information content (AvgIpc) is 3.47. The Kier molecular flexibility index (Phi) is 10.2. The van der Waals surface area contributed by atoms with Gasteiger partial charge in [-0.3, -0.25) is 4.79 Å². The summed E-state index contributed by atoms with van der Waals surface area (Å²) in [6.07, 6.45) is 1.49. The van der Waals surface area contributed by atoms with Gasteiger partial charge in [-0.2, -0.15) is 5.10 Å². The zero-order valence-corrected chi connectivity index (χ0v) is 25.9. The van der Waals surface area contributed by atoms with Crippen LogP contribution >= 0.6 is 46.1 Å². The van der Waals surface area contributed by atoms with Crippen LogP contribution in [0.2, 0.25) is 15.1 Å². The Balaban J connectivity index is 1.20. The third-order valence-electron chi connectivity index (χ3n) is 6.08. The van der Waals surface area contributed by atoms with E-state index in [2.05, 4.69) is 20.8 Å². The SMILES string of the molecule is CCOc1cc(/C=N\NC(=O)c2ccc(-c3csc(Nc4ccc(Cl)cc4)n3)cc2)cc(Cl)c1OCc1ccccc1Cl. The molecule has 7 nitrogen and oxygen atoms in total. The lowest BCUT2D eigenvalue weighted by atomic mass is 10.1. The largest absolute Gasteiger partial charge is 0.490 e. The number of hydrazone groups is 1. The molecule has 0 saturated heterocycles. The lowest BCUT2D eigenvalue weighted by molar-refractivity contribution is 0.0955. The number of nitrogens with zero attached hydrogens (tertiary/aromatic N) is 2. The first kappa shape index (κ1) is 30.4. The van der Waals surface area contributed by atoms with Gasteiger partial charge in [-0.25, -0.2) is 10.4 Å². The Morgan fingerprint density at radius 1 is 0.953 bits per heavy atom. The van der Waals surface area contributed by atoms with Crippen molar-refractivity contribution >= 4 is 69.1 Å². The molecule has 4 aromatic carbocycles. The normalized spacial score (nSPS) is 11.0. The first-order valence-electron chi connectivity index (χ1n) is 13.1. The Bertz CT molecular complexity index is 1740. The molecule has 1 aromatic heterocycles. The van der Waals surface area contributed by atoms with Crippen LogP contribution < -0.4 is 20.2 Å². The molecule has 0 fully saturated rings. The molecule has 43 heavy (non-hydrogen) atoms. The summed E-state index contributed by atoms with van der Waals surface area (Å²) in [7, 11) is 0. The Labute approximate surface area is 268 Å². The van der Waals surface area contributed by atoms with Crippen molar-refractivity contribution in [2.75, 3.05) is 11.9 Å². The van der Waals surface area contributed by atoms with E-state index in [9.17, 15) is 4.79 Å². The summed E-state index contributed by atoms with van der Waals surface area (Å²) >= 11 is 20.2. The van der Waals surface area contributed by atoms with Gasteiger partial charge in [0, 0.05) is 37.8 Å². The highest BCUT2D eigenvalue weighted by atomic mass is 35.5. The maximum Gasteiger partial charge on any atom is 0.271 e. The molecule has 0 aliphatic rings. The summed E-state index contributed by atoms with van der Waals surface area (Å²) in [6, 6.07) is 25.4. The van der Waals surface area contributed by atoms with Crippen molar-refractivity contribution in [2.45, 2.75) is 13.5 Å². The Morgan fingerprint density at radius 2 is 1.72 bits per heavy atom. The summed E-state index contributed by atoms with van der Waals surface area (Å²) in [4.78, 5) is 17.3. The van der Waals surface area contributed by atoms with Crippen LogP contribution in [0.25, 0.3) is 11.3 Å². The van der Waals surface area contributed by atoms with Gasteiger partial charge >= 0.3 is 0 Å². The molecule has 0 aliphatic carbocycles. The average molecular weight is 652 g/mol. The number of hydrogen-bond donors (Lipinski definition) is 2. The number of nitrogens with one attached hydrogen (secondary N) is 2. The highest BCUT2D eigenvalue weighted by molar-refractivity contribution is 7.14. The minimum absolute atomic E-state index is 0.228. The molecule has 0 aliphatic heterocycles. The third kappa shape index (κ3) is 8.06. The number of carbonyl (C=O) groups excluding carboxylic acids is 1. The van der Waals surface area contributed by atoms with Crippen molar-refractivity contribution in [3.05, 3.63) is 122 Å². The van der Waals surface area contributed by atoms with E-state index in [1.807, 2.05) is 66.9 Å². The van der Waals surface area contributed by atoms with Gasteiger partial charge in [0.1, 0.15) is 6.61 Å². The molecule has 11 heteroatoms. The van der Waals surface area contributed by atoms with Crippen LogP contribution in [0.15, 0.2) is 95.4 Å². The van der Waals surface area contributed by atoms with E-state index >= 15 is 0 Å². The molecule has 218 valence electrons. The first-order valence-corrected chi connectivity index (χ1v) is 15.2. The van der Waals surface area contributed by atoms with E-state index in [0.29, 0.717) is 44.3 Å². The van der Waals surface area contributed by atoms with Crippen LogP contribution in [0.4, 0.5) is 10.8 Å². The zero-order chi connectivity index (χ0) is 30.2. The van der Waals surface area contributed by atoms with Crippen LogP contribution in [0.3, 0.4) is 0 Å². The quantitative estimate of drug-likeness (QED) is 0.110. The van der Waals surface area contributed by atoms with Gasteiger partial charge in [0.05, 0.1) is 23.5 Å². The van der Waals surface area contributed by atoms with E-state index in [4.69, 9.17) is 44.3 Å². The van der Waals surface area contributed by atoms with E-state index in [0.717, 1.165) is 27.6 Å². The van der Waals surface area contributed by atoms with Gasteiger partial charge in [-0.05, 0) is 67.1 Å². The van der Waals surface area contributed by atoms with Gasteiger partial charge in [0.25, 0.3) is 5.91 Å². The summed E-state index contributed by atoms with van der Waals surface area (Å²) in [5.74, 6) is 0.499. The molecular weight excluding hydrogens is 627 g/mol. The van der Waals surface area contributed by atoms with Gasteiger partial charge in [-0.15, -0.1) is 11.3 Å². The van der Waals surface area contributed by atoms with E-state index < -0.39 is 0 Å². The fraction of sp³-hybridized carbons (Fsp3) is 0.0938. The standard InChI is InChI=1S/C32H25Cl3N4O3S/c1-2-41-29-16-20(15-27(35)30(29)42-18-23-5-3-4-6-26(23)34)17-36-39-31(40)22-9-7-21(8-10-22)28-19-43-32(38-28)37-25-13-11-24(33)12-14-25/h3-17,19H,2,18H2,1H3,(H,37,38)(H,39,40)/b36-17-. The van der Waals surface area contributed by atoms with Crippen molar-refractivity contribution in [3.63, 3.8) is 0 Å². The van der Waals surface area contributed by atoms with Crippen LogP contribution in [-0.4, -0.2) is 23.7 Å². The van der Waals surface area contributed by atoms with Crippen molar-refractivity contribution < 1.29 is 14.3 Å². The summed E-state index contributed by atoms with van der Waals surface area (Å²) in [5, 5.41) is 11.7. The van der Waals surface area contributed by atoms with Gasteiger partial charge in [0.15, 0.2) is 16.6 Å². The number of anilines is 2. The molecular formula is C32H25Cl3N4O3S. The fourth-order valence-corrected chi connectivity index (χ4v) is 5.30. The number of hydrogen-bond acceptors (Lipinski definition) is 7. The molecule has 5 rings (SSSR count). The number of aromatic nitrogens is 1. The smallest absolute Gasteiger partial charge is 0.271 e. The predicted molar refractivity (Wildman–Crippen MR) is 176 cm³/mol. The van der Waals surface area contributed by atoms with Crippen LogP contribution in [0, 0.1) is 0 Å².